The fourth-order valence-corrected chi connectivity index (χ4v) is 1.44. The van der Waals surface area contributed by atoms with Crippen LogP contribution in [0.1, 0.15) is 23.7 Å². The zero-order chi connectivity index (χ0) is 12.1. The third-order valence-corrected chi connectivity index (χ3v) is 2.70. The van der Waals surface area contributed by atoms with Gasteiger partial charge in [0.1, 0.15) is 0 Å². The molecule has 1 aromatic heterocycles. The molecule has 1 unspecified atom stereocenters. The lowest BCUT2D eigenvalue weighted by molar-refractivity contribution is 0.0793. The van der Waals surface area contributed by atoms with E-state index in [-0.39, 0.29) is 11.5 Å². The minimum absolute atomic E-state index is 0.0793. The van der Waals surface area contributed by atoms with Gasteiger partial charge < -0.3 is 9.88 Å². The smallest absolute Gasteiger partial charge is 0.255 e. The number of pyridine rings is 1. The summed E-state index contributed by atoms with van der Waals surface area (Å²) in [6, 6.07) is 2.89. The van der Waals surface area contributed by atoms with Gasteiger partial charge in [0.15, 0.2) is 0 Å². The Bertz CT molecular complexity index is 394. The van der Waals surface area contributed by atoms with Gasteiger partial charge in [-0.25, -0.2) is 0 Å². The maximum absolute atomic E-state index is 11.9. The molecule has 1 heterocycles. The third kappa shape index (κ3) is 3.81. The highest BCUT2D eigenvalue weighted by Gasteiger charge is 2.11. The molecular formula is C11H15BrN2O2. The molecule has 0 aliphatic heterocycles. The summed E-state index contributed by atoms with van der Waals surface area (Å²) in [5.74, 6) is -0.0793. The largest absolute Gasteiger partial charge is 0.342 e. The number of carbonyl (C=O) groups is 1. The molecule has 0 aromatic carbocycles. The molecule has 1 N–H and O–H groups in total. The van der Waals surface area contributed by atoms with Crippen molar-refractivity contribution in [3.05, 3.63) is 34.2 Å². The minimum atomic E-state index is -0.201. The Kier molecular flexibility index (Phi) is 4.73. The monoisotopic (exact) mass is 286 g/mol. The van der Waals surface area contributed by atoms with E-state index in [9.17, 15) is 9.59 Å². The fourth-order valence-electron chi connectivity index (χ4n) is 1.24. The lowest BCUT2D eigenvalue weighted by Gasteiger charge is -2.17. The molecule has 4 nitrogen and oxygen atoms in total. The molecule has 0 fully saturated rings. The second-order valence-electron chi connectivity index (χ2n) is 3.74. The van der Waals surface area contributed by atoms with Crippen molar-refractivity contribution in [2.45, 2.75) is 18.2 Å². The molecule has 0 radical (unpaired) electrons. The topological polar surface area (TPSA) is 53.2 Å². The molecular weight excluding hydrogens is 272 g/mol. The summed E-state index contributed by atoms with van der Waals surface area (Å²) < 4.78 is 0. The lowest BCUT2D eigenvalue weighted by atomic mass is 10.2. The minimum Gasteiger partial charge on any atom is -0.342 e. The highest BCUT2D eigenvalue weighted by atomic mass is 79.9. The van der Waals surface area contributed by atoms with Crippen molar-refractivity contribution in [1.29, 1.82) is 0 Å². The van der Waals surface area contributed by atoms with Crippen LogP contribution in [0.25, 0.3) is 0 Å². The van der Waals surface area contributed by atoms with Crippen molar-refractivity contribution in [3.63, 3.8) is 0 Å². The average molecular weight is 287 g/mol. The van der Waals surface area contributed by atoms with E-state index in [0.717, 1.165) is 6.42 Å². The van der Waals surface area contributed by atoms with Crippen LogP contribution in [0.15, 0.2) is 23.1 Å². The Morgan fingerprint density at radius 2 is 2.25 bits per heavy atom. The highest BCUT2D eigenvalue weighted by Crippen LogP contribution is 2.06. The molecule has 0 spiro atoms. The maximum Gasteiger partial charge on any atom is 0.255 e. The van der Waals surface area contributed by atoms with Gasteiger partial charge >= 0.3 is 0 Å². The summed E-state index contributed by atoms with van der Waals surface area (Å²) in [5.41, 5.74) is 0.303. The number of amides is 1. The van der Waals surface area contributed by atoms with Crippen LogP contribution >= 0.6 is 15.9 Å². The number of H-pyrrole nitrogens is 1. The number of hydrogen-bond acceptors (Lipinski definition) is 2. The van der Waals surface area contributed by atoms with Crippen molar-refractivity contribution in [2.75, 3.05) is 13.6 Å². The zero-order valence-electron chi connectivity index (χ0n) is 9.37. The van der Waals surface area contributed by atoms with E-state index in [4.69, 9.17) is 0 Å². The maximum atomic E-state index is 11.9. The second-order valence-corrected chi connectivity index (χ2v) is 5.30. The molecule has 1 rings (SSSR count). The van der Waals surface area contributed by atoms with E-state index in [1.807, 2.05) is 6.92 Å². The van der Waals surface area contributed by atoms with E-state index in [1.54, 1.807) is 11.9 Å². The van der Waals surface area contributed by atoms with E-state index in [0.29, 0.717) is 16.9 Å². The van der Waals surface area contributed by atoms with Crippen molar-refractivity contribution >= 4 is 21.8 Å². The van der Waals surface area contributed by atoms with Gasteiger partial charge in [-0.3, -0.25) is 9.59 Å². The fraction of sp³-hybridized carbons (Fsp3) is 0.455. The molecule has 0 aliphatic carbocycles. The number of hydrogen-bond donors (Lipinski definition) is 1. The molecule has 1 atom stereocenters. The quantitative estimate of drug-likeness (QED) is 0.856. The predicted molar refractivity (Wildman–Crippen MR) is 67.0 cm³/mol. The summed E-state index contributed by atoms with van der Waals surface area (Å²) in [6.45, 7) is 2.72. The van der Waals surface area contributed by atoms with Gasteiger partial charge in [-0.15, -0.1) is 0 Å². The molecule has 1 aromatic rings. The van der Waals surface area contributed by atoms with Gasteiger partial charge in [0.05, 0.1) is 5.56 Å². The van der Waals surface area contributed by atoms with E-state index < -0.39 is 0 Å². The van der Waals surface area contributed by atoms with Gasteiger partial charge in [-0.1, -0.05) is 22.9 Å². The van der Waals surface area contributed by atoms with Gasteiger partial charge in [-0.05, 0) is 12.5 Å². The summed E-state index contributed by atoms with van der Waals surface area (Å²) in [4.78, 5) is 27.2. The van der Waals surface area contributed by atoms with Gasteiger partial charge in [0.25, 0.3) is 5.91 Å². The Morgan fingerprint density at radius 1 is 1.56 bits per heavy atom. The summed E-state index contributed by atoms with van der Waals surface area (Å²) in [7, 11) is 1.75. The van der Waals surface area contributed by atoms with Crippen molar-refractivity contribution < 1.29 is 4.79 Å². The van der Waals surface area contributed by atoms with Gasteiger partial charge in [-0.2, -0.15) is 0 Å². The van der Waals surface area contributed by atoms with E-state index >= 15 is 0 Å². The number of aromatic nitrogens is 1. The first-order valence-electron chi connectivity index (χ1n) is 5.09. The number of nitrogens with one attached hydrogen (secondary N) is 1. The van der Waals surface area contributed by atoms with Gasteiger partial charge in [0, 0.05) is 30.7 Å². The van der Waals surface area contributed by atoms with Crippen LogP contribution in [-0.2, 0) is 0 Å². The Hall–Kier alpha value is -1.10. The van der Waals surface area contributed by atoms with Crippen molar-refractivity contribution in [2.24, 2.45) is 0 Å². The Balaban J connectivity index is 2.63. The standard InChI is InChI=1S/C11H15BrN2O2/c1-8(12)5-6-14(2)11(16)9-3-4-10(15)13-7-9/h3-4,7-8H,5-6H2,1-2H3,(H,13,15). The van der Waals surface area contributed by atoms with Crippen molar-refractivity contribution in [3.8, 4) is 0 Å². The lowest BCUT2D eigenvalue weighted by Crippen LogP contribution is -2.29. The number of halogens is 1. The number of carbonyl (C=O) groups excluding carboxylic acids is 1. The zero-order valence-corrected chi connectivity index (χ0v) is 11.0. The molecule has 16 heavy (non-hydrogen) atoms. The second kappa shape index (κ2) is 5.84. The normalized spacial score (nSPS) is 12.2. The van der Waals surface area contributed by atoms with Crippen LogP contribution in [0.4, 0.5) is 0 Å². The summed E-state index contributed by atoms with van der Waals surface area (Å²) >= 11 is 3.43. The summed E-state index contributed by atoms with van der Waals surface area (Å²) in [5, 5.41) is 0. The van der Waals surface area contributed by atoms with E-state index in [1.165, 1.54) is 18.3 Å². The van der Waals surface area contributed by atoms with Crippen LogP contribution in [0.5, 0.6) is 0 Å². The van der Waals surface area contributed by atoms with E-state index in [2.05, 4.69) is 20.9 Å². The number of aromatic amines is 1. The third-order valence-electron chi connectivity index (χ3n) is 2.24. The van der Waals surface area contributed by atoms with Crippen molar-refractivity contribution in [1.82, 2.24) is 9.88 Å². The molecule has 1 amide bonds. The average Bonchev–Trinajstić information content (AvgIpc) is 2.26. The van der Waals surface area contributed by atoms with Crippen LogP contribution in [0.2, 0.25) is 0 Å². The summed E-state index contributed by atoms with van der Waals surface area (Å²) in [6.07, 6.45) is 2.34. The number of alkyl halides is 1. The molecule has 0 saturated heterocycles. The Morgan fingerprint density at radius 3 is 2.75 bits per heavy atom. The molecule has 0 bridgehead atoms. The van der Waals surface area contributed by atoms with Gasteiger partial charge in [0.2, 0.25) is 5.56 Å². The first-order chi connectivity index (χ1) is 7.50. The van der Waals surface area contributed by atoms with Crippen LogP contribution < -0.4 is 5.56 Å². The number of nitrogens with zero attached hydrogens (tertiary/aromatic N) is 1. The highest BCUT2D eigenvalue weighted by molar-refractivity contribution is 9.09. The number of rotatable bonds is 4. The Labute approximate surface area is 103 Å². The first kappa shape index (κ1) is 13.0. The van der Waals surface area contributed by atoms with Crippen LogP contribution in [-0.4, -0.2) is 34.2 Å². The molecule has 5 heteroatoms. The SMILES string of the molecule is CC(Br)CCN(C)C(=O)c1ccc(=O)[nH]c1. The molecule has 0 aliphatic rings. The van der Waals surface area contributed by atoms with Crippen LogP contribution in [0, 0.1) is 0 Å². The molecule has 88 valence electrons. The first-order valence-corrected chi connectivity index (χ1v) is 6.00. The predicted octanol–water partition coefficient (Wildman–Crippen LogP) is 1.62. The molecule has 0 saturated carbocycles. The van der Waals surface area contributed by atoms with Crippen LogP contribution in [0.3, 0.4) is 0 Å².